The summed E-state index contributed by atoms with van der Waals surface area (Å²) in [6, 6.07) is 11.3. The SMILES string of the molecule is Cc1ccc2c(c1)[C@H]1CN(C)CC[C@H]1N2C(=O)c1ccc(OC(F)(F)F)cc1. The summed E-state index contributed by atoms with van der Waals surface area (Å²) in [5.74, 6) is -0.287. The van der Waals surface area contributed by atoms with Gasteiger partial charge in [-0.2, -0.15) is 0 Å². The predicted molar refractivity (Wildman–Crippen MR) is 99.8 cm³/mol. The number of likely N-dealkylation sites (N-methyl/N-ethyl adjacent to an activating group) is 1. The maximum absolute atomic E-state index is 13.3. The third-order valence-corrected chi connectivity index (χ3v) is 5.51. The standard InChI is InChI=1S/C21H21F3N2O2/c1-13-3-8-18-16(11-13)17-12-25(2)10-9-19(17)26(18)20(27)14-4-6-15(7-5-14)28-21(22,23)24/h3-8,11,17,19H,9-10,12H2,1-2H3/t17-,19-/m1/s1. The summed E-state index contributed by atoms with van der Waals surface area (Å²) in [5, 5.41) is 0. The van der Waals surface area contributed by atoms with Crippen LogP contribution in [-0.2, 0) is 0 Å². The van der Waals surface area contributed by atoms with Gasteiger partial charge in [0, 0.05) is 29.8 Å². The van der Waals surface area contributed by atoms with Gasteiger partial charge in [-0.1, -0.05) is 17.7 Å². The van der Waals surface area contributed by atoms with E-state index in [1.165, 1.54) is 29.8 Å². The molecule has 2 aromatic carbocycles. The van der Waals surface area contributed by atoms with Crippen molar-refractivity contribution in [3.8, 4) is 5.75 Å². The van der Waals surface area contributed by atoms with E-state index in [4.69, 9.17) is 0 Å². The summed E-state index contributed by atoms with van der Waals surface area (Å²) in [5.41, 5.74) is 3.56. The van der Waals surface area contributed by atoms with Gasteiger partial charge >= 0.3 is 6.36 Å². The number of piperidine rings is 1. The quantitative estimate of drug-likeness (QED) is 0.765. The van der Waals surface area contributed by atoms with E-state index in [-0.39, 0.29) is 23.6 Å². The molecule has 2 heterocycles. The van der Waals surface area contributed by atoms with Gasteiger partial charge in [-0.3, -0.25) is 4.79 Å². The van der Waals surface area contributed by atoms with Crippen molar-refractivity contribution in [3.63, 3.8) is 0 Å². The van der Waals surface area contributed by atoms with Gasteiger partial charge in [0.2, 0.25) is 0 Å². The summed E-state index contributed by atoms with van der Waals surface area (Å²) in [6.45, 7) is 3.81. The molecule has 2 aliphatic heterocycles. The number of hydrogen-bond donors (Lipinski definition) is 0. The fourth-order valence-corrected chi connectivity index (χ4v) is 4.28. The summed E-state index contributed by atoms with van der Waals surface area (Å²) in [4.78, 5) is 17.4. The number of alkyl halides is 3. The van der Waals surface area contributed by atoms with Crippen molar-refractivity contribution in [3.05, 3.63) is 59.2 Å². The van der Waals surface area contributed by atoms with Crippen LogP contribution in [0.15, 0.2) is 42.5 Å². The minimum absolute atomic E-state index is 0.0617. The number of anilines is 1. The minimum Gasteiger partial charge on any atom is -0.406 e. The van der Waals surface area contributed by atoms with Crippen LogP contribution in [0.3, 0.4) is 0 Å². The zero-order valence-corrected chi connectivity index (χ0v) is 15.7. The van der Waals surface area contributed by atoms with E-state index in [1.807, 2.05) is 24.0 Å². The van der Waals surface area contributed by atoms with Crippen LogP contribution in [0.4, 0.5) is 18.9 Å². The first-order chi connectivity index (χ1) is 13.2. The topological polar surface area (TPSA) is 32.8 Å². The molecule has 1 amide bonds. The van der Waals surface area contributed by atoms with Crippen LogP contribution < -0.4 is 9.64 Å². The second-order valence-electron chi connectivity index (χ2n) is 7.53. The van der Waals surface area contributed by atoms with Gasteiger partial charge in [-0.05, 0) is 62.8 Å². The van der Waals surface area contributed by atoms with E-state index in [1.54, 1.807) is 0 Å². The Hall–Kier alpha value is -2.54. The van der Waals surface area contributed by atoms with Crippen molar-refractivity contribution in [1.82, 2.24) is 4.90 Å². The summed E-state index contributed by atoms with van der Waals surface area (Å²) in [7, 11) is 2.08. The maximum Gasteiger partial charge on any atom is 0.573 e. The maximum atomic E-state index is 13.3. The number of nitrogens with zero attached hydrogens (tertiary/aromatic N) is 2. The van der Waals surface area contributed by atoms with Gasteiger partial charge in [-0.25, -0.2) is 0 Å². The fourth-order valence-electron chi connectivity index (χ4n) is 4.28. The molecule has 2 aliphatic rings. The molecule has 4 nitrogen and oxygen atoms in total. The van der Waals surface area contributed by atoms with E-state index < -0.39 is 6.36 Å². The molecule has 0 saturated carbocycles. The van der Waals surface area contributed by atoms with Crippen molar-refractivity contribution >= 4 is 11.6 Å². The van der Waals surface area contributed by atoms with E-state index in [2.05, 4.69) is 22.8 Å². The van der Waals surface area contributed by atoms with E-state index in [0.717, 1.165) is 30.8 Å². The molecule has 0 spiro atoms. The molecule has 4 rings (SSSR count). The summed E-state index contributed by atoms with van der Waals surface area (Å²) >= 11 is 0. The van der Waals surface area contributed by atoms with E-state index >= 15 is 0 Å². The highest BCUT2D eigenvalue weighted by Crippen LogP contribution is 2.45. The monoisotopic (exact) mass is 390 g/mol. The number of rotatable bonds is 2. The van der Waals surface area contributed by atoms with E-state index in [0.29, 0.717) is 5.56 Å². The van der Waals surface area contributed by atoms with Crippen molar-refractivity contribution in [1.29, 1.82) is 0 Å². The molecule has 28 heavy (non-hydrogen) atoms. The molecular weight excluding hydrogens is 369 g/mol. The summed E-state index contributed by atoms with van der Waals surface area (Å²) in [6.07, 6.45) is -3.89. The second kappa shape index (κ2) is 6.81. The van der Waals surface area contributed by atoms with Crippen LogP contribution in [0.25, 0.3) is 0 Å². The highest BCUT2D eigenvalue weighted by atomic mass is 19.4. The highest BCUT2D eigenvalue weighted by molar-refractivity contribution is 6.08. The third kappa shape index (κ3) is 3.46. The molecule has 1 saturated heterocycles. The number of carbonyl (C=O) groups excluding carboxylic acids is 1. The molecule has 0 aliphatic carbocycles. The lowest BCUT2D eigenvalue weighted by molar-refractivity contribution is -0.274. The Kier molecular flexibility index (Phi) is 4.57. The lowest BCUT2D eigenvalue weighted by Crippen LogP contribution is -2.47. The number of carbonyl (C=O) groups is 1. The van der Waals surface area contributed by atoms with Gasteiger partial charge in [0.05, 0.1) is 0 Å². The van der Waals surface area contributed by atoms with Crippen molar-refractivity contribution in [2.75, 3.05) is 25.0 Å². The molecule has 0 bridgehead atoms. The number of benzene rings is 2. The number of ether oxygens (including phenoxy) is 1. The summed E-state index contributed by atoms with van der Waals surface area (Å²) < 4.78 is 41.0. The molecule has 2 aromatic rings. The molecule has 1 fully saturated rings. The Morgan fingerprint density at radius 2 is 1.86 bits per heavy atom. The molecular formula is C21H21F3N2O2. The normalized spacial score (nSPS) is 22.0. The van der Waals surface area contributed by atoms with Crippen LogP contribution in [-0.4, -0.2) is 43.3 Å². The molecule has 7 heteroatoms. The molecule has 0 aromatic heterocycles. The van der Waals surface area contributed by atoms with Crippen molar-refractivity contribution in [2.24, 2.45) is 0 Å². The Labute approximate surface area is 161 Å². The molecule has 148 valence electrons. The smallest absolute Gasteiger partial charge is 0.406 e. The number of amides is 1. The van der Waals surface area contributed by atoms with Gasteiger partial charge < -0.3 is 14.5 Å². The molecule has 0 radical (unpaired) electrons. The van der Waals surface area contributed by atoms with Gasteiger partial charge in [0.1, 0.15) is 5.75 Å². The molecule has 0 N–H and O–H groups in total. The average molecular weight is 390 g/mol. The lowest BCUT2D eigenvalue weighted by Gasteiger charge is -2.36. The van der Waals surface area contributed by atoms with Crippen LogP contribution in [0.1, 0.15) is 33.8 Å². The van der Waals surface area contributed by atoms with Crippen LogP contribution in [0.5, 0.6) is 5.75 Å². The predicted octanol–water partition coefficient (Wildman–Crippen LogP) is 4.34. The van der Waals surface area contributed by atoms with Gasteiger partial charge in [-0.15, -0.1) is 13.2 Å². The first-order valence-electron chi connectivity index (χ1n) is 9.21. The first-order valence-corrected chi connectivity index (χ1v) is 9.21. The number of likely N-dealkylation sites (tertiary alicyclic amines) is 1. The highest BCUT2D eigenvalue weighted by Gasteiger charge is 2.44. The van der Waals surface area contributed by atoms with Crippen molar-refractivity contribution < 1.29 is 22.7 Å². The lowest BCUT2D eigenvalue weighted by atomic mass is 9.88. The minimum atomic E-state index is -4.75. The first kappa shape index (κ1) is 18.8. The molecule has 2 atom stereocenters. The Bertz CT molecular complexity index is 896. The number of hydrogen-bond acceptors (Lipinski definition) is 3. The number of aryl methyl sites for hydroxylation is 1. The number of halogens is 3. The Balaban J connectivity index is 1.65. The van der Waals surface area contributed by atoms with Crippen molar-refractivity contribution in [2.45, 2.75) is 31.7 Å². The third-order valence-electron chi connectivity index (χ3n) is 5.51. The zero-order chi connectivity index (χ0) is 20.1. The van der Waals surface area contributed by atoms with E-state index in [9.17, 15) is 18.0 Å². The number of fused-ring (bicyclic) bond motifs is 3. The molecule has 0 unspecified atom stereocenters. The van der Waals surface area contributed by atoms with Crippen LogP contribution in [0.2, 0.25) is 0 Å². The van der Waals surface area contributed by atoms with Gasteiger partial charge in [0.15, 0.2) is 0 Å². The average Bonchev–Trinajstić information content (AvgIpc) is 2.93. The largest absolute Gasteiger partial charge is 0.573 e. The van der Waals surface area contributed by atoms with Crippen LogP contribution in [0, 0.1) is 6.92 Å². The zero-order valence-electron chi connectivity index (χ0n) is 15.7. The fraction of sp³-hybridized carbons (Fsp3) is 0.381. The van der Waals surface area contributed by atoms with Gasteiger partial charge in [0.25, 0.3) is 5.91 Å². The Morgan fingerprint density at radius 3 is 2.54 bits per heavy atom. The Morgan fingerprint density at radius 1 is 1.14 bits per heavy atom. The second-order valence-corrected chi connectivity index (χ2v) is 7.53. The van der Waals surface area contributed by atoms with Crippen LogP contribution >= 0.6 is 0 Å².